The summed E-state index contributed by atoms with van der Waals surface area (Å²) < 4.78 is 5.82. The number of hydrogen-bond donors (Lipinski definition) is 2. The van der Waals surface area contributed by atoms with Crippen LogP contribution in [0.3, 0.4) is 0 Å². The van der Waals surface area contributed by atoms with Gasteiger partial charge in [0.15, 0.2) is 0 Å². The van der Waals surface area contributed by atoms with E-state index in [2.05, 4.69) is 24.4 Å². The van der Waals surface area contributed by atoms with Crippen LogP contribution in [0.1, 0.15) is 30.0 Å². The summed E-state index contributed by atoms with van der Waals surface area (Å²) >= 11 is 0. The van der Waals surface area contributed by atoms with Gasteiger partial charge in [0.25, 0.3) is 0 Å². The van der Waals surface area contributed by atoms with E-state index in [0.717, 1.165) is 22.6 Å². The molecule has 0 fully saturated rings. The van der Waals surface area contributed by atoms with E-state index in [1.54, 1.807) is 0 Å². The van der Waals surface area contributed by atoms with Crippen LogP contribution in [0.15, 0.2) is 42.5 Å². The number of nitrogens with one attached hydrogen (secondary N) is 1. The molecule has 0 heterocycles. The van der Waals surface area contributed by atoms with Gasteiger partial charge < -0.3 is 15.8 Å². The fraction of sp³-hybridized carbons (Fsp3) is 0.316. The Balaban J connectivity index is 1.97. The van der Waals surface area contributed by atoms with E-state index < -0.39 is 0 Å². The molecule has 0 radical (unpaired) electrons. The standard InChI is InChI=1S/C19H24N2O2/c1-13-5-4-6-16(9-13)12-23-17-7-8-18(14(2)10-17)21-19(22)11-15(3)20/h4-10,15H,11-12,20H2,1-3H3,(H,21,22). The second-order valence-electron chi connectivity index (χ2n) is 5.98. The Morgan fingerprint density at radius 2 is 2.00 bits per heavy atom. The Bertz CT molecular complexity index is 681. The average Bonchev–Trinajstić information content (AvgIpc) is 2.47. The first-order valence-electron chi connectivity index (χ1n) is 7.78. The molecule has 3 N–H and O–H groups in total. The lowest BCUT2D eigenvalue weighted by Crippen LogP contribution is -2.24. The van der Waals surface area contributed by atoms with Crippen LogP contribution in [0.2, 0.25) is 0 Å². The maximum Gasteiger partial charge on any atom is 0.225 e. The molecular formula is C19H24N2O2. The zero-order chi connectivity index (χ0) is 16.8. The Morgan fingerprint density at radius 1 is 1.22 bits per heavy atom. The molecule has 23 heavy (non-hydrogen) atoms. The SMILES string of the molecule is Cc1cccc(COc2ccc(NC(=O)CC(C)N)c(C)c2)c1. The van der Waals surface area contributed by atoms with Crippen molar-refractivity contribution in [3.8, 4) is 5.75 Å². The Morgan fingerprint density at radius 3 is 2.65 bits per heavy atom. The van der Waals surface area contributed by atoms with Crippen molar-refractivity contribution in [1.29, 1.82) is 0 Å². The van der Waals surface area contributed by atoms with Crippen molar-refractivity contribution in [2.45, 2.75) is 39.8 Å². The lowest BCUT2D eigenvalue weighted by atomic mass is 10.1. The molecule has 0 aliphatic rings. The maximum atomic E-state index is 11.8. The van der Waals surface area contributed by atoms with Crippen LogP contribution in [0.4, 0.5) is 5.69 Å². The lowest BCUT2D eigenvalue weighted by molar-refractivity contribution is -0.116. The molecule has 0 aromatic heterocycles. The minimum Gasteiger partial charge on any atom is -0.489 e. The molecule has 0 spiro atoms. The van der Waals surface area contributed by atoms with Crippen LogP contribution in [-0.2, 0) is 11.4 Å². The number of benzene rings is 2. The highest BCUT2D eigenvalue weighted by Gasteiger charge is 2.08. The summed E-state index contributed by atoms with van der Waals surface area (Å²) in [6.07, 6.45) is 0.311. The lowest BCUT2D eigenvalue weighted by Gasteiger charge is -2.12. The van der Waals surface area contributed by atoms with Crippen LogP contribution in [0, 0.1) is 13.8 Å². The van der Waals surface area contributed by atoms with Gasteiger partial charge >= 0.3 is 0 Å². The third-order valence-corrected chi connectivity index (χ3v) is 3.47. The number of rotatable bonds is 6. The molecule has 1 amide bonds. The van der Waals surface area contributed by atoms with Crippen molar-refractivity contribution < 1.29 is 9.53 Å². The fourth-order valence-corrected chi connectivity index (χ4v) is 2.33. The largest absolute Gasteiger partial charge is 0.489 e. The number of nitrogens with two attached hydrogens (primary N) is 1. The Kier molecular flexibility index (Phi) is 5.77. The fourth-order valence-electron chi connectivity index (χ4n) is 2.33. The maximum absolute atomic E-state index is 11.8. The van der Waals surface area contributed by atoms with Gasteiger partial charge in [0, 0.05) is 18.2 Å². The van der Waals surface area contributed by atoms with E-state index in [9.17, 15) is 4.79 Å². The van der Waals surface area contributed by atoms with E-state index in [4.69, 9.17) is 10.5 Å². The van der Waals surface area contributed by atoms with E-state index in [-0.39, 0.29) is 11.9 Å². The first-order chi connectivity index (χ1) is 10.9. The molecule has 2 aromatic carbocycles. The summed E-state index contributed by atoms with van der Waals surface area (Å²) in [6.45, 7) is 6.35. The molecule has 2 rings (SSSR count). The highest BCUT2D eigenvalue weighted by atomic mass is 16.5. The smallest absolute Gasteiger partial charge is 0.225 e. The van der Waals surface area contributed by atoms with Crippen LogP contribution < -0.4 is 15.8 Å². The van der Waals surface area contributed by atoms with Crippen LogP contribution in [-0.4, -0.2) is 11.9 Å². The van der Waals surface area contributed by atoms with E-state index >= 15 is 0 Å². The third kappa shape index (κ3) is 5.42. The van der Waals surface area contributed by atoms with Gasteiger partial charge in [0.1, 0.15) is 12.4 Å². The number of carbonyl (C=O) groups excluding carboxylic acids is 1. The third-order valence-electron chi connectivity index (χ3n) is 3.47. The molecule has 2 aromatic rings. The molecule has 122 valence electrons. The van der Waals surface area contributed by atoms with Crippen molar-refractivity contribution in [3.63, 3.8) is 0 Å². The summed E-state index contributed by atoms with van der Waals surface area (Å²) in [4.78, 5) is 11.8. The first kappa shape index (κ1) is 17.0. The molecule has 1 atom stereocenters. The predicted octanol–water partition coefficient (Wildman–Crippen LogP) is 3.56. The Labute approximate surface area is 137 Å². The predicted molar refractivity (Wildman–Crippen MR) is 93.6 cm³/mol. The molecule has 4 heteroatoms. The van der Waals surface area contributed by atoms with Crippen molar-refractivity contribution in [1.82, 2.24) is 0 Å². The number of amides is 1. The number of aryl methyl sites for hydroxylation is 2. The van der Waals surface area contributed by atoms with Gasteiger partial charge in [0.05, 0.1) is 0 Å². The zero-order valence-corrected chi connectivity index (χ0v) is 13.9. The van der Waals surface area contributed by atoms with E-state index in [0.29, 0.717) is 13.0 Å². The minimum atomic E-state index is -0.146. The number of anilines is 1. The monoisotopic (exact) mass is 312 g/mol. The Hall–Kier alpha value is -2.33. The molecule has 0 bridgehead atoms. The van der Waals surface area contributed by atoms with Gasteiger partial charge in [0.2, 0.25) is 5.91 Å². The highest BCUT2D eigenvalue weighted by Crippen LogP contribution is 2.22. The summed E-state index contributed by atoms with van der Waals surface area (Å²) in [5.41, 5.74) is 9.74. The van der Waals surface area contributed by atoms with E-state index in [1.807, 2.05) is 44.2 Å². The van der Waals surface area contributed by atoms with Crippen molar-refractivity contribution >= 4 is 11.6 Å². The van der Waals surface area contributed by atoms with Crippen LogP contribution in [0.25, 0.3) is 0 Å². The van der Waals surface area contributed by atoms with Crippen molar-refractivity contribution in [2.75, 3.05) is 5.32 Å². The summed E-state index contributed by atoms with van der Waals surface area (Å²) in [6, 6.07) is 13.7. The normalized spacial score (nSPS) is 11.8. The van der Waals surface area contributed by atoms with Gasteiger partial charge in [-0.3, -0.25) is 4.79 Å². The van der Waals surface area contributed by atoms with Crippen LogP contribution >= 0.6 is 0 Å². The average molecular weight is 312 g/mol. The summed E-state index contributed by atoms with van der Waals surface area (Å²) in [7, 11) is 0. The summed E-state index contributed by atoms with van der Waals surface area (Å²) in [5, 5.41) is 2.88. The van der Waals surface area contributed by atoms with Gasteiger partial charge in [-0.1, -0.05) is 29.8 Å². The first-order valence-corrected chi connectivity index (χ1v) is 7.78. The van der Waals surface area contributed by atoms with Crippen molar-refractivity contribution in [3.05, 3.63) is 59.2 Å². The zero-order valence-electron chi connectivity index (χ0n) is 13.9. The quantitative estimate of drug-likeness (QED) is 0.857. The molecule has 1 unspecified atom stereocenters. The van der Waals surface area contributed by atoms with Crippen LogP contribution in [0.5, 0.6) is 5.75 Å². The topological polar surface area (TPSA) is 64.3 Å². The molecule has 0 saturated carbocycles. The van der Waals surface area contributed by atoms with Gasteiger partial charge in [-0.2, -0.15) is 0 Å². The van der Waals surface area contributed by atoms with Crippen molar-refractivity contribution in [2.24, 2.45) is 5.73 Å². The molecule has 0 saturated heterocycles. The number of carbonyl (C=O) groups is 1. The van der Waals surface area contributed by atoms with Gasteiger partial charge in [-0.15, -0.1) is 0 Å². The molecule has 0 aliphatic carbocycles. The molecule has 0 aliphatic heterocycles. The minimum absolute atomic E-state index is 0.0727. The number of ether oxygens (including phenoxy) is 1. The second-order valence-corrected chi connectivity index (χ2v) is 5.98. The second kappa shape index (κ2) is 7.79. The van der Waals surface area contributed by atoms with Gasteiger partial charge in [-0.25, -0.2) is 0 Å². The molecular weight excluding hydrogens is 288 g/mol. The highest BCUT2D eigenvalue weighted by molar-refractivity contribution is 5.91. The van der Waals surface area contributed by atoms with Gasteiger partial charge in [-0.05, 0) is 50.1 Å². The van der Waals surface area contributed by atoms with E-state index in [1.165, 1.54) is 5.56 Å². The molecule has 4 nitrogen and oxygen atoms in total. The number of hydrogen-bond acceptors (Lipinski definition) is 3. The summed E-state index contributed by atoms with van der Waals surface area (Å²) in [5.74, 6) is 0.714.